The second-order valence-corrected chi connectivity index (χ2v) is 7.63. The minimum atomic E-state index is -3.27. The van der Waals surface area contributed by atoms with Crippen LogP contribution in [-0.2, 0) is 21.1 Å². The predicted octanol–water partition coefficient (Wildman–Crippen LogP) is 0.478. The lowest BCUT2D eigenvalue weighted by Gasteiger charge is -2.14. The first-order chi connectivity index (χ1) is 9.78. The molecule has 1 aromatic heterocycles. The third-order valence-corrected chi connectivity index (χ3v) is 4.37. The Hall–Kier alpha value is -1.61. The molecule has 1 atom stereocenters. The molecule has 1 unspecified atom stereocenters. The lowest BCUT2D eigenvalue weighted by Crippen LogP contribution is -2.47. The zero-order valence-corrected chi connectivity index (χ0v) is 13.2. The van der Waals surface area contributed by atoms with Crippen molar-refractivity contribution >= 4 is 33.2 Å². The average molecular weight is 334 g/mol. The third-order valence-electron chi connectivity index (χ3n) is 2.66. The van der Waals surface area contributed by atoms with Gasteiger partial charge in [0, 0.05) is 12.8 Å². The topological polar surface area (TPSA) is 113 Å². The van der Waals surface area contributed by atoms with E-state index in [0.717, 1.165) is 11.8 Å². The molecule has 0 spiro atoms. The van der Waals surface area contributed by atoms with Crippen molar-refractivity contribution in [1.29, 1.82) is 0 Å². The van der Waals surface area contributed by atoms with Crippen molar-refractivity contribution in [3.63, 3.8) is 0 Å². The number of thiophene rings is 1. The predicted molar refractivity (Wildman–Crippen MR) is 80.3 cm³/mol. The van der Waals surface area contributed by atoms with Gasteiger partial charge in [0.05, 0.1) is 5.75 Å². The Morgan fingerprint density at radius 1 is 1.43 bits per heavy atom. The number of hydrogen-bond donors (Lipinski definition) is 3. The van der Waals surface area contributed by atoms with Crippen LogP contribution in [0, 0.1) is 0 Å². The summed E-state index contributed by atoms with van der Waals surface area (Å²) in [7, 11) is -3.27. The molecule has 0 bridgehead atoms. The molecule has 0 saturated heterocycles. The molecule has 1 aromatic rings. The highest BCUT2D eigenvalue weighted by Gasteiger charge is 2.21. The van der Waals surface area contributed by atoms with E-state index in [1.165, 1.54) is 0 Å². The van der Waals surface area contributed by atoms with E-state index in [0.29, 0.717) is 13.0 Å². The maximum Gasteiger partial charge on any atom is 0.326 e. The fraction of sp³-hybridized carbons (Fsp3) is 0.500. The molecule has 3 N–H and O–H groups in total. The number of carboxylic acid groups (broad SMARTS) is 1. The minimum Gasteiger partial charge on any atom is -0.480 e. The second-order valence-electron chi connectivity index (χ2n) is 4.59. The van der Waals surface area contributed by atoms with Gasteiger partial charge in [-0.3, -0.25) is 0 Å². The molecule has 2 amide bonds. The number of amides is 2. The van der Waals surface area contributed by atoms with E-state index in [4.69, 9.17) is 5.11 Å². The van der Waals surface area contributed by atoms with Gasteiger partial charge < -0.3 is 15.7 Å². The van der Waals surface area contributed by atoms with Crippen molar-refractivity contribution in [3.8, 4) is 0 Å². The van der Waals surface area contributed by atoms with Crippen molar-refractivity contribution in [2.24, 2.45) is 0 Å². The van der Waals surface area contributed by atoms with Crippen LogP contribution < -0.4 is 10.6 Å². The zero-order valence-electron chi connectivity index (χ0n) is 11.5. The minimum absolute atomic E-state index is 0.161. The maximum atomic E-state index is 11.6. The van der Waals surface area contributed by atoms with E-state index in [1.54, 1.807) is 11.3 Å². The van der Waals surface area contributed by atoms with Gasteiger partial charge in [-0.2, -0.15) is 11.3 Å². The monoisotopic (exact) mass is 334 g/mol. The van der Waals surface area contributed by atoms with Gasteiger partial charge in [-0.05, 0) is 35.2 Å². The van der Waals surface area contributed by atoms with Gasteiger partial charge in [0.25, 0.3) is 0 Å². The molecular weight excluding hydrogens is 316 g/mol. The van der Waals surface area contributed by atoms with E-state index < -0.39 is 27.9 Å². The van der Waals surface area contributed by atoms with Crippen LogP contribution >= 0.6 is 11.3 Å². The van der Waals surface area contributed by atoms with Crippen molar-refractivity contribution < 1.29 is 23.1 Å². The lowest BCUT2D eigenvalue weighted by atomic mass is 10.2. The maximum absolute atomic E-state index is 11.6. The van der Waals surface area contributed by atoms with Gasteiger partial charge >= 0.3 is 12.0 Å². The molecule has 1 heterocycles. The molecule has 0 saturated carbocycles. The van der Waals surface area contributed by atoms with Crippen LogP contribution in [0.4, 0.5) is 4.79 Å². The number of sulfone groups is 1. The summed E-state index contributed by atoms with van der Waals surface area (Å²) in [5, 5.41) is 17.7. The molecule has 118 valence electrons. The Morgan fingerprint density at radius 2 is 2.14 bits per heavy atom. The van der Waals surface area contributed by atoms with Crippen LogP contribution in [0.2, 0.25) is 0 Å². The molecule has 0 aliphatic carbocycles. The van der Waals surface area contributed by atoms with Crippen molar-refractivity contribution in [2.75, 3.05) is 18.6 Å². The molecule has 9 heteroatoms. The highest BCUT2D eigenvalue weighted by molar-refractivity contribution is 7.90. The number of hydrogen-bond acceptors (Lipinski definition) is 5. The van der Waals surface area contributed by atoms with Crippen LogP contribution in [0.1, 0.15) is 12.0 Å². The van der Waals surface area contributed by atoms with Crippen LogP contribution in [0.15, 0.2) is 16.8 Å². The molecular formula is C12H18N2O5S2. The lowest BCUT2D eigenvalue weighted by molar-refractivity contribution is -0.139. The average Bonchev–Trinajstić information content (AvgIpc) is 2.86. The molecule has 0 radical (unpaired) electrons. The normalized spacial score (nSPS) is 12.6. The summed E-state index contributed by atoms with van der Waals surface area (Å²) < 4.78 is 22.1. The summed E-state index contributed by atoms with van der Waals surface area (Å²) in [4.78, 5) is 22.6. The van der Waals surface area contributed by atoms with Gasteiger partial charge in [-0.1, -0.05) is 0 Å². The number of aliphatic carboxylic acids is 1. The van der Waals surface area contributed by atoms with Gasteiger partial charge in [0.2, 0.25) is 0 Å². The van der Waals surface area contributed by atoms with Gasteiger partial charge in [0.15, 0.2) is 0 Å². The van der Waals surface area contributed by atoms with E-state index in [2.05, 4.69) is 10.6 Å². The third kappa shape index (κ3) is 7.66. The molecule has 7 nitrogen and oxygen atoms in total. The van der Waals surface area contributed by atoms with E-state index in [9.17, 15) is 18.0 Å². The van der Waals surface area contributed by atoms with Crippen molar-refractivity contribution in [1.82, 2.24) is 10.6 Å². The molecule has 21 heavy (non-hydrogen) atoms. The molecule has 0 fully saturated rings. The first kappa shape index (κ1) is 17.4. The van der Waals surface area contributed by atoms with Crippen LogP contribution in [0.25, 0.3) is 0 Å². The number of rotatable bonds is 8. The SMILES string of the molecule is CS(=O)(=O)CCC(NC(=O)NCCc1ccsc1)C(=O)O. The Balaban J connectivity index is 2.36. The summed E-state index contributed by atoms with van der Waals surface area (Å²) >= 11 is 1.56. The van der Waals surface area contributed by atoms with Gasteiger partial charge in [0.1, 0.15) is 15.9 Å². The van der Waals surface area contributed by atoms with Crippen LogP contribution in [0.5, 0.6) is 0 Å². The highest BCUT2D eigenvalue weighted by atomic mass is 32.2. The smallest absolute Gasteiger partial charge is 0.326 e. The Morgan fingerprint density at radius 3 is 2.67 bits per heavy atom. The molecule has 0 aromatic carbocycles. The van der Waals surface area contributed by atoms with E-state index in [1.807, 2.05) is 16.8 Å². The summed E-state index contributed by atoms with van der Waals surface area (Å²) in [6, 6.07) is 0.100. The summed E-state index contributed by atoms with van der Waals surface area (Å²) in [5.41, 5.74) is 1.09. The van der Waals surface area contributed by atoms with Crippen molar-refractivity contribution in [2.45, 2.75) is 18.9 Å². The fourth-order valence-corrected chi connectivity index (χ4v) is 2.92. The van der Waals surface area contributed by atoms with Gasteiger partial charge in [-0.25, -0.2) is 18.0 Å². The largest absolute Gasteiger partial charge is 0.480 e. The zero-order chi connectivity index (χ0) is 15.9. The van der Waals surface area contributed by atoms with Crippen molar-refractivity contribution in [3.05, 3.63) is 22.4 Å². The first-order valence-corrected chi connectivity index (χ1v) is 9.24. The van der Waals surface area contributed by atoms with Crippen LogP contribution in [-0.4, -0.2) is 50.1 Å². The number of carboxylic acids is 1. The van der Waals surface area contributed by atoms with Gasteiger partial charge in [-0.15, -0.1) is 0 Å². The molecule has 0 aliphatic heterocycles. The fourth-order valence-electron chi connectivity index (χ4n) is 1.55. The van der Waals surface area contributed by atoms with E-state index in [-0.39, 0.29) is 12.2 Å². The number of urea groups is 1. The number of carbonyl (C=O) groups excluding carboxylic acids is 1. The summed E-state index contributed by atoms with van der Waals surface area (Å²) in [6.07, 6.45) is 1.51. The Kier molecular flexibility index (Phi) is 6.63. The second kappa shape index (κ2) is 7.99. The van der Waals surface area contributed by atoms with Crippen LogP contribution in [0.3, 0.4) is 0 Å². The molecule has 0 aliphatic rings. The summed E-state index contributed by atoms with van der Waals surface area (Å²) in [5.74, 6) is -1.55. The highest BCUT2D eigenvalue weighted by Crippen LogP contribution is 2.05. The van der Waals surface area contributed by atoms with E-state index >= 15 is 0 Å². The Bertz CT molecular complexity index is 568. The summed E-state index contributed by atoms with van der Waals surface area (Å²) in [6.45, 7) is 0.376. The number of nitrogens with one attached hydrogen (secondary N) is 2. The Labute approximate surface area is 127 Å². The number of carbonyl (C=O) groups is 2. The quantitative estimate of drug-likeness (QED) is 0.640. The first-order valence-electron chi connectivity index (χ1n) is 6.24. The standard InChI is InChI=1S/C12H18N2O5S2/c1-21(18,19)7-4-10(11(15)16)14-12(17)13-5-2-9-3-6-20-8-9/h3,6,8,10H,2,4-5,7H2,1H3,(H,15,16)(H2,13,14,17). The molecule has 1 rings (SSSR count).